The highest BCUT2D eigenvalue weighted by atomic mass is 35.5. The highest BCUT2D eigenvalue weighted by Crippen LogP contribution is 2.40. The van der Waals surface area contributed by atoms with E-state index >= 15 is 0 Å². The molecule has 0 spiro atoms. The van der Waals surface area contributed by atoms with E-state index in [1.54, 1.807) is 36.4 Å². The van der Waals surface area contributed by atoms with E-state index in [1.807, 2.05) is 0 Å². The molecule has 6 heteroatoms. The zero-order valence-electron chi connectivity index (χ0n) is 13.1. The molecule has 1 radical (unpaired) electrons. The van der Waals surface area contributed by atoms with Crippen molar-refractivity contribution in [2.24, 2.45) is 0 Å². The van der Waals surface area contributed by atoms with Crippen LogP contribution < -0.4 is 0 Å². The fourth-order valence-corrected chi connectivity index (χ4v) is 3.73. The Kier molecular flexibility index (Phi) is 4.78. The zero-order chi connectivity index (χ0) is 18.2. The number of phenols is 1. The Bertz CT molecular complexity index is 1020. The van der Waals surface area contributed by atoms with Crippen LogP contribution in [-0.2, 0) is 9.84 Å². The summed E-state index contributed by atoms with van der Waals surface area (Å²) in [5.74, 6) is 0.0549. The average molecular weight is 392 g/mol. The SMILES string of the molecule is CS(=O)(=O)c1ccc(-c2[c]ccc(O)c2-c2cc(Cl)cc(Cl)c2)cc1. The molecule has 0 saturated heterocycles. The molecule has 0 aromatic heterocycles. The highest BCUT2D eigenvalue weighted by molar-refractivity contribution is 7.90. The normalized spacial score (nSPS) is 11.5. The lowest BCUT2D eigenvalue weighted by molar-refractivity contribution is 0.477. The Balaban J connectivity index is 2.20. The third-order valence-corrected chi connectivity index (χ3v) is 5.26. The maximum Gasteiger partial charge on any atom is 0.175 e. The van der Waals surface area contributed by atoms with Gasteiger partial charge in [-0.25, -0.2) is 8.42 Å². The maximum atomic E-state index is 11.6. The maximum absolute atomic E-state index is 11.6. The molecule has 0 atom stereocenters. The van der Waals surface area contributed by atoms with Gasteiger partial charge in [-0.05, 0) is 53.6 Å². The van der Waals surface area contributed by atoms with Crippen molar-refractivity contribution in [2.75, 3.05) is 6.26 Å². The summed E-state index contributed by atoms with van der Waals surface area (Å²) in [5, 5.41) is 11.3. The molecule has 3 rings (SSSR count). The molecule has 3 aromatic rings. The Morgan fingerprint density at radius 3 is 2.08 bits per heavy atom. The van der Waals surface area contributed by atoms with Gasteiger partial charge in [0.2, 0.25) is 0 Å². The lowest BCUT2D eigenvalue weighted by atomic mass is 9.94. The summed E-state index contributed by atoms with van der Waals surface area (Å²) in [6.07, 6.45) is 1.15. The van der Waals surface area contributed by atoms with E-state index in [4.69, 9.17) is 23.2 Å². The fraction of sp³-hybridized carbons (Fsp3) is 0.0526. The summed E-state index contributed by atoms with van der Waals surface area (Å²) < 4.78 is 23.2. The molecule has 25 heavy (non-hydrogen) atoms. The predicted octanol–water partition coefficient (Wildman–Crippen LogP) is 5.24. The number of rotatable bonds is 3. The van der Waals surface area contributed by atoms with E-state index in [0.717, 1.165) is 11.8 Å². The molecule has 0 aliphatic rings. The molecular formula is C19H13Cl2O3S. The van der Waals surface area contributed by atoms with Gasteiger partial charge in [0.05, 0.1) is 4.90 Å². The molecule has 0 bridgehead atoms. The standard InChI is InChI=1S/C19H13Cl2O3S/c1-25(23,24)16-7-5-12(6-8-16)17-3-2-4-18(22)19(17)13-9-14(20)11-15(21)10-13/h2,4-11,22H,1H3. The highest BCUT2D eigenvalue weighted by Gasteiger charge is 2.15. The first-order valence-corrected chi connectivity index (χ1v) is 9.91. The van der Waals surface area contributed by atoms with Crippen molar-refractivity contribution in [3.05, 3.63) is 70.7 Å². The van der Waals surface area contributed by atoms with Gasteiger partial charge in [0.25, 0.3) is 0 Å². The molecule has 0 aliphatic heterocycles. The van der Waals surface area contributed by atoms with Gasteiger partial charge in [-0.2, -0.15) is 0 Å². The first-order valence-electron chi connectivity index (χ1n) is 7.26. The second-order valence-electron chi connectivity index (χ2n) is 5.57. The Morgan fingerprint density at radius 2 is 1.52 bits per heavy atom. The molecule has 0 heterocycles. The van der Waals surface area contributed by atoms with Gasteiger partial charge in [0, 0.05) is 27.4 Å². The lowest BCUT2D eigenvalue weighted by Gasteiger charge is -2.13. The Morgan fingerprint density at radius 1 is 0.920 bits per heavy atom. The third kappa shape index (κ3) is 3.82. The van der Waals surface area contributed by atoms with Crippen LogP contribution in [0.15, 0.2) is 59.5 Å². The summed E-state index contributed by atoms with van der Waals surface area (Å²) in [7, 11) is -3.28. The van der Waals surface area contributed by atoms with Crippen LogP contribution in [0, 0.1) is 6.07 Å². The quantitative estimate of drug-likeness (QED) is 0.664. The van der Waals surface area contributed by atoms with Gasteiger partial charge in [-0.3, -0.25) is 0 Å². The summed E-state index contributed by atoms with van der Waals surface area (Å²) in [4.78, 5) is 0.226. The van der Waals surface area contributed by atoms with Gasteiger partial charge in [-0.15, -0.1) is 0 Å². The number of phenolic OH excluding ortho intramolecular Hbond substituents is 1. The number of halogens is 2. The molecule has 3 aromatic carbocycles. The minimum Gasteiger partial charge on any atom is -0.507 e. The Hall–Kier alpha value is -2.01. The van der Waals surface area contributed by atoms with Crippen LogP contribution in [0.4, 0.5) is 0 Å². The van der Waals surface area contributed by atoms with E-state index in [2.05, 4.69) is 6.07 Å². The van der Waals surface area contributed by atoms with Crippen LogP contribution in [0.2, 0.25) is 10.0 Å². The third-order valence-electron chi connectivity index (χ3n) is 3.70. The molecular weight excluding hydrogens is 379 g/mol. The van der Waals surface area contributed by atoms with E-state index in [-0.39, 0.29) is 10.6 Å². The van der Waals surface area contributed by atoms with Crippen molar-refractivity contribution in [1.82, 2.24) is 0 Å². The van der Waals surface area contributed by atoms with Gasteiger partial charge in [0.1, 0.15) is 5.75 Å². The first kappa shape index (κ1) is 17.8. The second-order valence-corrected chi connectivity index (χ2v) is 8.46. The minimum atomic E-state index is -3.28. The summed E-state index contributed by atoms with van der Waals surface area (Å²) in [6, 6.07) is 17.6. The largest absolute Gasteiger partial charge is 0.507 e. The van der Waals surface area contributed by atoms with Crippen LogP contribution in [0.3, 0.4) is 0 Å². The predicted molar refractivity (Wildman–Crippen MR) is 101 cm³/mol. The van der Waals surface area contributed by atoms with Crippen LogP contribution >= 0.6 is 23.2 Å². The number of aromatic hydroxyl groups is 1. The van der Waals surface area contributed by atoms with Crippen molar-refractivity contribution in [3.63, 3.8) is 0 Å². The lowest BCUT2D eigenvalue weighted by Crippen LogP contribution is -1.96. The van der Waals surface area contributed by atoms with E-state index < -0.39 is 9.84 Å². The fourth-order valence-electron chi connectivity index (χ4n) is 2.57. The Labute approximate surface area is 156 Å². The zero-order valence-corrected chi connectivity index (χ0v) is 15.5. The smallest absolute Gasteiger partial charge is 0.175 e. The van der Waals surface area contributed by atoms with Crippen LogP contribution in [-0.4, -0.2) is 19.8 Å². The molecule has 0 amide bonds. The molecule has 127 valence electrons. The topological polar surface area (TPSA) is 54.4 Å². The first-order chi connectivity index (χ1) is 11.8. The summed E-state index contributed by atoms with van der Waals surface area (Å²) in [5.41, 5.74) is 2.51. The van der Waals surface area contributed by atoms with E-state index in [9.17, 15) is 13.5 Å². The number of benzene rings is 3. The molecule has 0 aliphatic carbocycles. The number of hydrogen-bond acceptors (Lipinski definition) is 3. The minimum absolute atomic E-state index is 0.0549. The van der Waals surface area contributed by atoms with Crippen molar-refractivity contribution in [2.45, 2.75) is 4.90 Å². The summed E-state index contributed by atoms with van der Waals surface area (Å²) in [6.45, 7) is 0. The van der Waals surface area contributed by atoms with Crippen molar-refractivity contribution < 1.29 is 13.5 Å². The van der Waals surface area contributed by atoms with Crippen molar-refractivity contribution in [1.29, 1.82) is 0 Å². The van der Waals surface area contributed by atoms with Gasteiger partial charge in [-0.1, -0.05) is 41.4 Å². The number of hydrogen-bond donors (Lipinski definition) is 1. The summed E-state index contributed by atoms with van der Waals surface area (Å²) >= 11 is 12.2. The number of sulfone groups is 1. The van der Waals surface area contributed by atoms with E-state index in [0.29, 0.717) is 26.7 Å². The van der Waals surface area contributed by atoms with Crippen LogP contribution in [0.1, 0.15) is 0 Å². The van der Waals surface area contributed by atoms with E-state index in [1.165, 1.54) is 18.2 Å². The van der Waals surface area contributed by atoms with Gasteiger partial charge in [0.15, 0.2) is 9.84 Å². The van der Waals surface area contributed by atoms with Gasteiger partial charge < -0.3 is 5.11 Å². The second kappa shape index (κ2) is 6.71. The average Bonchev–Trinajstić information content (AvgIpc) is 2.53. The van der Waals surface area contributed by atoms with Crippen molar-refractivity contribution >= 4 is 33.0 Å². The molecule has 0 saturated carbocycles. The monoisotopic (exact) mass is 391 g/mol. The molecule has 3 nitrogen and oxygen atoms in total. The van der Waals surface area contributed by atoms with Crippen LogP contribution in [0.5, 0.6) is 5.75 Å². The van der Waals surface area contributed by atoms with Crippen molar-refractivity contribution in [3.8, 4) is 28.0 Å². The van der Waals surface area contributed by atoms with Gasteiger partial charge >= 0.3 is 0 Å². The molecule has 0 unspecified atom stereocenters. The van der Waals surface area contributed by atoms with Crippen LogP contribution in [0.25, 0.3) is 22.3 Å². The molecule has 1 N–H and O–H groups in total. The molecule has 0 fully saturated rings.